The molecule has 1 aliphatic heterocycles. The molecule has 0 saturated carbocycles. The van der Waals surface area contributed by atoms with E-state index in [1.54, 1.807) is 11.6 Å². The summed E-state index contributed by atoms with van der Waals surface area (Å²) in [6.07, 6.45) is 1.59. The van der Waals surface area contributed by atoms with Crippen molar-refractivity contribution in [3.63, 3.8) is 0 Å². The standard InChI is InChI=1S/C18H21N3O3S/c1-18(2,3)24-17(23)21-11-13-7-5-4-6-12(13)10-14(21)15(22)20-16-19-8-9-25-16/h4-9,14H,10-11H2,1-3H3,(H,19,20,22). The topological polar surface area (TPSA) is 71.5 Å². The Morgan fingerprint density at radius 3 is 2.64 bits per heavy atom. The quantitative estimate of drug-likeness (QED) is 0.891. The molecule has 1 unspecified atom stereocenters. The van der Waals surface area contributed by atoms with E-state index in [0.717, 1.165) is 11.1 Å². The van der Waals surface area contributed by atoms with Crippen LogP contribution in [0.5, 0.6) is 0 Å². The molecule has 2 aromatic rings. The lowest BCUT2D eigenvalue weighted by atomic mass is 9.94. The van der Waals surface area contributed by atoms with Crippen LogP contribution in [0.25, 0.3) is 0 Å². The zero-order valence-corrected chi connectivity index (χ0v) is 15.3. The molecule has 132 valence electrons. The molecule has 1 N–H and O–H groups in total. The second kappa shape index (κ2) is 6.84. The fourth-order valence-electron chi connectivity index (χ4n) is 2.74. The normalized spacial score (nSPS) is 16.9. The summed E-state index contributed by atoms with van der Waals surface area (Å²) in [4.78, 5) is 31.0. The second-order valence-electron chi connectivity index (χ2n) is 6.92. The highest BCUT2D eigenvalue weighted by Crippen LogP contribution is 2.26. The first-order valence-corrected chi connectivity index (χ1v) is 8.98. The van der Waals surface area contributed by atoms with Gasteiger partial charge in [0.15, 0.2) is 5.13 Å². The Morgan fingerprint density at radius 2 is 2.00 bits per heavy atom. The molecule has 2 amide bonds. The highest BCUT2D eigenvalue weighted by atomic mass is 32.1. The van der Waals surface area contributed by atoms with Crippen molar-refractivity contribution >= 4 is 28.5 Å². The minimum atomic E-state index is -0.631. The van der Waals surface area contributed by atoms with Gasteiger partial charge in [0.05, 0.1) is 6.54 Å². The number of hydrogen-bond donors (Lipinski definition) is 1. The molecular weight excluding hydrogens is 338 g/mol. The number of hydrogen-bond acceptors (Lipinski definition) is 5. The summed E-state index contributed by atoms with van der Waals surface area (Å²) in [6, 6.07) is 7.21. The maximum Gasteiger partial charge on any atom is 0.411 e. The first-order valence-electron chi connectivity index (χ1n) is 8.10. The lowest BCUT2D eigenvalue weighted by molar-refractivity contribution is -0.121. The van der Waals surface area contributed by atoms with Crippen LogP contribution in [0.3, 0.4) is 0 Å². The van der Waals surface area contributed by atoms with Crippen LogP contribution in [0, 0.1) is 0 Å². The molecule has 7 heteroatoms. The summed E-state index contributed by atoms with van der Waals surface area (Å²) in [5, 5.41) is 5.10. The Labute approximate surface area is 150 Å². The van der Waals surface area contributed by atoms with Gasteiger partial charge in [0, 0.05) is 18.0 Å². The van der Waals surface area contributed by atoms with E-state index in [2.05, 4.69) is 10.3 Å². The smallest absolute Gasteiger partial charge is 0.411 e. The van der Waals surface area contributed by atoms with E-state index in [9.17, 15) is 9.59 Å². The molecule has 3 rings (SSSR count). The number of anilines is 1. The van der Waals surface area contributed by atoms with E-state index < -0.39 is 17.7 Å². The number of amides is 2. The van der Waals surface area contributed by atoms with Crippen LogP contribution in [0.4, 0.5) is 9.93 Å². The van der Waals surface area contributed by atoms with Crippen molar-refractivity contribution in [3.05, 3.63) is 47.0 Å². The fourth-order valence-corrected chi connectivity index (χ4v) is 3.28. The molecule has 0 fully saturated rings. The molecule has 1 aromatic carbocycles. The van der Waals surface area contributed by atoms with Crippen LogP contribution in [-0.4, -0.2) is 33.5 Å². The van der Waals surface area contributed by atoms with Crippen molar-refractivity contribution in [2.45, 2.75) is 45.4 Å². The maximum atomic E-state index is 12.8. The molecule has 2 heterocycles. The summed E-state index contributed by atoms with van der Waals surface area (Å²) < 4.78 is 5.50. The van der Waals surface area contributed by atoms with Crippen molar-refractivity contribution in [2.75, 3.05) is 5.32 Å². The van der Waals surface area contributed by atoms with Crippen molar-refractivity contribution in [2.24, 2.45) is 0 Å². The Morgan fingerprint density at radius 1 is 1.28 bits per heavy atom. The Balaban J connectivity index is 1.85. The number of thiazole rings is 1. The SMILES string of the molecule is CC(C)(C)OC(=O)N1Cc2ccccc2CC1C(=O)Nc1nccs1. The number of aromatic nitrogens is 1. The number of carbonyl (C=O) groups excluding carboxylic acids is 2. The van der Waals surface area contributed by atoms with Crippen LogP contribution < -0.4 is 5.32 Å². The third kappa shape index (κ3) is 4.17. The number of nitrogens with zero attached hydrogens (tertiary/aromatic N) is 2. The van der Waals surface area contributed by atoms with E-state index in [1.807, 2.05) is 45.0 Å². The van der Waals surface area contributed by atoms with Crippen molar-refractivity contribution < 1.29 is 14.3 Å². The van der Waals surface area contributed by atoms with Crippen LogP contribution in [0.2, 0.25) is 0 Å². The van der Waals surface area contributed by atoms with Gasteiger partial charge in [0.2, 0.25) is 5.91 Å². The highest BCUT2D eigenvalue weighted by molar-refractivity contribution is 7.13. The molecule has 0 radical (unpaired) electrons. The second-order valence-corrected chi connectivity index (χ2v) is 7.82. The zero-order chi connectivity index (χ0) is 18.0. The first kappa shape index (κ1) is 17.4. The van der Waals surface area contributed by atoms with Crippen molar-refractivity contribution in [1.82, 2.24) is 9.88 Å². The Hall–Kier alpha value is -2.41. The van der Waals surface area contributed by atoms with E-state index in [4.69, 9.17) is 4.74 Å². The number of fused-ring (bicyclic) bond motifs is 1. The van der Waals surface area contributed by atoms with Gasteiger partial charge in [-0.1, -0.05) is 24.3 Å². The number of rotatable bonds is 2. The third-order valence-electron chi connectivity index (χ3n) is 3.84. The van der Waals surface area contributed by atoms with Gasteiger partial charge in [-0.05, 0) is 31.9 Å². The van der Waals surface area contributed by atoms with E-state index in [-0.39, 0.29) is 5.91 Å². The van der Waals surface area contributed by atoms with Gasteiger partial charge in [-0.15, -0.1) is 11.3 Å². The lowest BCUT2D eigenvalue weighted by Gasteiger charge is -2.36. The van der Waals surface area contributed by atoms with Gasteiger partial charge in [0.1, 0.15) is 11.6 Å². The van der Waals surface area contributed by atoms with Gasteiger partial charge in [0.25, 0.3) is 0 Å². The minimum absolute atomic E-state index is 0.254. The van der Waals surface area contributed by atoms with E-state index in [1.165, 1.54) is 16.2 Å². The summed E-state index contributed by atoms with van der Waals surface area (Å²) in [6.45, 7) is 5.79. The maximum absolute atomic E-state index is 12.8. The zero-order valence-electron chi connectivity index (χ0n) is 14.5. The van der Waals surface area contributed by atoms with Crippen molar-refractivity contribution in [1.29, 1.82) is 0 Å². The van der Waals surface area contributed by atoms with Crippen LogP contribution in [0.15, 0.2) is 35.8 Å². The van der Waals surface area contributed by atoms with Gasteiger partial charge in [-0.3, -0.25) is 9.69 Å². The Bertz CT molecular complexity index is 768. The van der Waals surface area contributed by atoms with Crippen molar-refractivity contribution in [3.8, 4) is 0 Å². The molecule has 0 saturated heterocycles. The number of ether oxygens (including phenoxy) is 1. The highest BCUT2D eigenvalue weighted by Gasteiger charge is 2.37. The monoisotopic (exact) mass is 359 g/mol. The molecule has 1 aliphatic rings. The third-order valence-corrected chi connectivity index (χ3v) is 4.53. The van der Waals surface area contributed by atoms with Gasteiger partial charge in [-0.2, -0.15) is 0 Å². The molecule has 6 nitrogen and oxygen atoms in total. The molecular formula is C18H21N3O3S. The van der Waals surface area contributed by atoms with Gasteiger partial charge < -0.3 is 10.1 Å². The summed E-state index contributed by atoms with van der Waals surface area (Å²) in [7, 11) is 0. The minimum Gasteiger partial charge on any atom is -0.444 e. The van der Waals surface area contributed by atoms with E-state index in [0.29, 0.717) is 18.1 Å². The molecule has 1 aromatic heterocycles. The lowest BCUT2D eigenvalue weighted by Crippen LogP contribution is -2.52. The number of benzene rings is 1. The van der Waals surface area contributed by atoms with Crippen LogP contribution >= 0.6 is 11.3 Å². The predicted molar refractivity (Wildman–Crippen MR) is 96.5 cm³/mol. The van der Waals surface area contributed by atoms with E-state index >= 15 is 0 Å². The van der Waals surface area contributed by atoms with Crippen LogP contribution in [0.1, 0.15) is 31.9 Å². The van der Waals surface area contributed by atoms with Gasteiger partial charge in [-0.25, -0.2) is 9.78 Å². The number of carbonyl (C=O) groups is 2. The predicted octanol–water partition coefficient (Wildman–Crippen LogP) is 3.44. The number of nitrogens with one attached hydrogen (secondary N) is 1. The van der Waals surface area contributed by atoms with Crippen LogP contribution in [-0.2, 0) is 22.5 Å². The molecule has 25 heavy (non-hydrogen) atoms. The average Bonchev–Trinajstić information content (AvgIpc) is 3.05. The molecule has 0 aliphatic carbocycles. The first-order chi connectivity index (χ1) is 11.8. The summed E-state index contributed by atoms with van der Waals surface area (Å²) >= 11 is 1.34. The summed E-state index contributed by atoms with van der Waals surface area (Å²) in [5.74, 6) is -0.254. The van der Waals surface area contributed by atoms with Gasteiger partial charge >= 0.3 is 6.09 Å². The fraction of sp³-hybridized carbons (Fsp3) is 0.389. The molecule has 0 spiro atoms. The summed E-state index contributed by atoms with van der Waals surface area (Å²) in [5.41, 5.74) is 1.48. The molecule has 1 atom stereocenters. The average molecular weight is 359 g/mol. The molecule has 0 bridgehead atoms. The largest absolute Gasteiger partial charge is 0.444 e. The Kier molecular flexibility index (Phi) is 4.76.